The zero-order valence-electron chi connectivity index (χ0n) is 21.2. The van der Waals surface area contributed by atoms with Crippen molar-refractivity contribution in [3.05, 3.63) is 47.2 Å². The van der Waals surface area contributed by atoms with Crippen LogP contribution in [-0.2, 0) is 0 Å². The summed E-state index contributed by atoms with van der Waals surface area (Å²) < 4.78 is 12.8. The van der Waals surface area contributed by atoms with Gasteiger partial charge in [-0.3, -0.25) is 0 Å². The Hall–Kier alpha value is -1.78. The Morgan fingerprint density at radius 1 is 0.559 bits per heavy atom. The normalized spacial score (nSPS) is 11.1. The second kappa shape index (κ2) is 16.0. The summed E-state index contributed by atoms with van der Waals surface area (Å²) in [5.74, 6) is 1.96. The van der Waals surface area contributed by atoms with E-state index in [2.05, 4.69) is 61.0 Å². The van der Waals surface area contributed by atoms with Crippen LogP contribution in [0.1, 0.15) is 90.9 Å². The van der Waals surface area contributed by atoms with Gasteiger partial charge in [-0.05, 0) is 47.9 Å². The fourth-order valence-corrected chi connectivity index (χ4v) is 5.67. The van der Waals surface area contributed by atoms with E-state index in [9.17, 15) is 0 Å². The van der Waals surface area contributed by atoms with Crippen LogP contribution in [0.15, 0.2) is 47.2 Å². The lowest BCUT2D eigenvalue weighted by Crippen LogP contribution is -2.02. The van der Waals surface area contributed by atoms with Crippen molar-refractivity contribution in [3.8, 4) is 32.4 Å². The highest BCUT2D eigenvalue weighted by Gasteiger charge is 2.17. The molecule has 0 radical (unpaired) electrons. The Labute approximate surface area is 215 Å². The summed E-state index contributed by atoms with van der Waals surface area (Å²) in [6.45, 7) is 6.07. The third-order valence-corrected chi connectivity index (χ3v) is 7.97. The van der Waals surface area contributed by atoms with Gasteiger partial charge in [0, 0.05) is 20.9 Å². The molecule has 0 saturated heterocycles. The summed E-state index contributed by atoms with van der Waals surface area (Å²) >= 11 is 3.52. The molecule has 0 aliphatic carbocycles. The largest absolute Gasteiger partial charge is 0.493 e. The van der Waals surface area contributed by atoms with Gasteiger partial charge in [0.15, 0.2) is 0 Å². The standard InChI is InChI=1S/C30H42O2S2/c1-3-5-7-9-11-13-19-31-27-23-26(30-18-16-22-34-30)28(24-25(27)29-17-15-21-33-29)32-20-14-12-10-8-6-4-2/h15-18,21-24H,3-14,19-20H2,1-2H3. The Bertz CT molecular complexity index is 824. The maximum Gasteiger partial charge on any atom is 0.128 e. The van der Waals surface area contributed by atoms with Crippen molar-refractivity contribution < 1.29 is 9.47 Å². The van der Waals surface area contributed by atoms with E-state index in [1.165, 1.54) is 74.0 Å². The first-order valence-corrected chi connectivity index (χ1v) is 15.1. The van der Waals surface area contributed by atoms with Gasteiger partial charge in [-0.1, -0.05) is 90.2 Å². The molecule has 2 heterocycles. The maximum absolute atomic E-state index is 6.40. The molecule has 0 bridgehead atoms. The molecule has 0 atom stereocenters. The first-order chi connectivity index (χ1) is 16.8. The van der Waals surface area contributed by atoms with Crippen molar-refractivity contribution in [2.24, 2.45) is 0 Å². The molecular weight excluding hydrogens is 456 g/mol. The monoisotopic (exact) mass is 498 g/mol. The van der Waals surface area contributed by atoms with Crippen LogP contribution in [0, 0.1) is 0 Å². The van der Waals surface area contributed by atoms with Crippen LogP contribution in [0.2, 0.25) is 0 Å². The molecule has 0 unspecified atom stereocenters. The minimum atomic E-state index is 0.770. The quantitative estimate of drug-likeness (QED) is 0.162. The van der Waals surface area contributed by atoms with Gasteiger partial charge in [-0.25, -0.2) is 0 Å². The van der Waals surface area contributed by atoms with Crippen LogP contribution in [0.4, 0.5) is 0 Å². The highest BCUT2D eigenvalue weighted by Crippen LogP contribution is 2.43. The fraction of sp³-hybridized carbons (Fsp3) is 0.533. The van der Waals surface area contributed by atoms with Gasteiger partial charge in [0.2, 0.25) is 0 Å². The number of benzene rings is 1. The highest BCUT2D eigenvalue weighted by molar-refractivity contribution is 7.14. The molecule has 0 saturated carbocycles. The average Bonchev–Trinajstić information content (AvgIpc) is 3.58. The highest BCUT2D eigenvalue weighted by atomic mass is 32.1. The molecule has 2 aromatic heterocycles. The molecule has 2 nitrogen and oxygen atoms in total. The average molecular weight is 499 g/mol. The maximum atomic E-state index is 6.40. The summed E-state index contributed by atoms with van der Waals surface area (Å²) in [7, 11) is 0. The zero-order valence-corrected chi connectivity index (χ0v) is 22.8. The number of thiophene rings is 2. The molecule has 3 aromatic rings. The Kier molecular flexibility index (Phi) is 12.6. The van der Waals surface area contributed by atoms with Crippen LogP contribution < -0.4 is 9.47 Å². The molecule has 34 heavy (non-hydrogen) atoms. The van der Waals surface area contributed by atoms with Crippen molar-refractivity contribution in [3.63, 3.8) is 0 Å². The molecule has 4 heteroatoms. The first kappa shape index (κ1) is 26.8. The topological polar surface area (TPSA) is 18.5 Å². The number of hydrogen-bond acceptors (Lipinski definition) is 4. The predicted molar refractivity (Wildman–Crippen MR) is 151 cm³/mol. The van der Waals surface area contributed by atoms with Gasteiger partial charge in [0.1, 0.15) is 11.5 Å². The molecule has 1 aromatic carbocycles. The summed E-state index contributed by atoms with van der Waals surface area (Å²) in [5.41, 5.74) is 2.30. The third kappa shape index (κ3) is 8.78. The van der Waals surface area contributed by atoms with Gasteiger partial charge in [0.25, 0.3) is 0 Å². The van der Waals surface area contributed by atoms with Crippen molar-refractivity contribution >= 4 is 22.7 Å². The Balaban J connectivity index is 1.71. The Morgan fingerprint density at radius 2 is 0.971 bits per heavy atom. The number of ether oxygens (including phenoxy) is 2. The van der Waals surface area contributed by atoms with Crippen LogP contribution in [0.25, 0.3) is 20.9 Å². The van der Waals surface area contributed by atoms with E-state index in [-0.39, 0.29) is 0 Å². The summed E-state index contributed by atoms with van der Waals surface area (Å²) in [6.07, 6.45) is 15.3. The predicted octanol–water partition coefficient (Wildman–Crippen LogP) is 10.6. The second-order valence-electron chi connectivity index (χ2n) is 9.03. The van der Waals surface area contributed by atoms with E-state index in [1.54, 1.807) is 22.7 Å². The van der Waals surface area contributed by atoms with Gasteiger partial charge in [-0.15, -0.1) is 22.7 Å². The van der Waals surface area contributed by atoms with Crippen molar-refractivity contribution in [1.29, 1.82) is 0 Å². The van der Waals surface area contributed by atoms with Crippen LogP contribution in [0.5, 0.6) is 11.5 Å². The molecule has 3 rings (SSSR count). The number of unbranched alkanes of at least 4 members (excludes halogenated alkanes) is 10. The second-order valence-corrected chi connectivity index (χ2v) is 10.9. The summed E-state index contributed by atoms with van der Waals surface area (Å²) in [4.78, 5) is 2.47. The first-order valence-electron chi connectivity index (χ1n) is 13.3. The van der Waals surface area contributed by atoms with Gasteiger partial charge < -0.3 is 9.47 Å². The van der Waals surface area contributed by atoms with E-state index in [0.717, 1.165) is 48.7 Å². The smallest absolute Gasteiger partial charge is 0.128 e. The van der Waals surface area contributed by atoms with Crippen molar-refractivity contribution in [2.75, 3.05) is 13.2 Å². The molecule has 0 N–H and O–H groups in total. The van der Waals surface area contributed by atoms with Gasteiger partial charge in [0.05, 0.1) is 13.2 Å². The van der Waals surface area contributed by atoms with Crippen LogP contribution >= 0.6 is 22.7 Å². The number of hydrogen-bond donors (Lipinski definition) is 0. The lowest BCUT2D eigenvalue weighted by molar-refractivity contribution is 0.298. The zero-order chi connectivity index (χ0) is 23.8. The molecule has 0 amide bonds. The van der Waals surface area contributed by atoms with E-state index in [0.29, 0.717) is 0 Å². The van der Waals surface area contributed by atoms with Gasteiger partial charge >= 0.3 is 0 Å². The SMILES string of the molecule is CCCCCCCCOc1cc(-c2cccs2)c(OCCCCCCCC)cc1-c1cccs1. The van der Waals surface area contributed by atoms with Crippen LogP contribution in [0.3, 0.4) is 0 Å². The van der Waals surface area contributed by atoms with E-state index in [1.807, 2.05) is 0 Å². The van der Waals surface area contributed by atoms with Gasteiger partial charge in [-0.2, -0.15) is 0 Å². The molecule has 186 valence electrons. The van der Waals surface area contributed by atoms with Crippen molar-refractivity contribution in [2.45, 2.75) is 90.9 Å². The minimum absolute atomic E-state index is 0.770. The van der Waals surface area contributed by atoms with E-state index in [4.69, 9.17) is 9.47 Å². The molecule has 0 aliphatic heterocycles. The molecular formula is C30H42O2S2. The van der Waals surface area contributed by atoms with E-state index >= 15 is 0 Å². The molecule has 0 spiro atoms. The van der Waals surface area contributed by atoms with E-state index < -0.39 is 0 Å². The lowest BCUT2D eigenvalue weighted by Gasteiger charge is -2.17. The minimum Gasteiger partial charge on any atom is -0.493 e. The fourth-order valence-electron chi connectivity index (χ4n) is 4.18. The lowest BCUT2D eigenvalue weighted by atomic mass is 10.1. The van der Waals surface area contributed by atoms with Crippen LogP contribution in [-0.4, -0.2) is 13.2 Å². The summed E-state index contributed by atoms with van der Waals surface area (Å²) in [5, 5.41) is 4.27. The van der Waals surface area contributed by atoms with Crippen molar-refractivity contribution in [1.82, 2.24) is 0 Å². The third-order valence-electron chi connectivity index (χ3n) is 6.17. The number of rotatable bonds is 18. The summed E-state index contributed by atoms with van der Waals surface area (Å²) in [6, 6.07) is 13.0. The molecule has 0 fully saturated rings. The Morgan fingerprint density at radius 3 is 1.35 bits per heavy atom. The molecule has 0 aliphatic rings.